The first kappa shape index (κ1) is 12.1. The highest BCUT2D eigenvalue weighted by Crippen LogP contribution is 2.38. The average Bonchev–Trinajstić information content (AvgIpc) is 2.89. The summed E-state index contributed by atoms with van der Waals surface area (Å²) in [7, 11) is 0. The summed E-state index contributed by atoms with van der Waals surface area (Å²) in [5.74, 6) is 0. The first-order valence-corrected chi connectivity index (χ1v) is 7.06. The molecule has 1 N–H and O–H groups in total. The van der Waals surface area contributed by atoms with Crippen LogP contribution in [-0.2, 0) is 0 Å². The molecule has 1 aromatic carbocycles. The van der Waals surface area contributed by atoms with Crippen LogP contribution in [0, 0.1) is 13.8 Å². The molecule has 2 aromatic heterocycles. The van der Waals surface area contributed by atoms with E-state index in [2.05, 4.69) is 52.7 Å². The maximum Gasteiger partial charge on any atom is 0.148 e. The standard InChI is InChI=1S/C17H16N4/c1-11-5-6-15-14(8-11)16-9-12(2)20-21(16)17(19-15)13-4-3-7-18-10-13/h3-10,17,19H,1-2H3/t17-/m0/s1. The average molecular weight is 276 g/mol. The van der Waals surface area contributed by atoms with Crippen molar-refractivity contribution in [2.75, 3.05) is 5.32 Å². The topological polar surface area (TPSA) is 42.7 Å². The van der Waals surface area contributed by atoms with Gasteiger partial charge in [-0.1, -0.05) is 17.7 Å². The number of aromatic nitrogens is 3. The summed E-state index contributed by atoms with van der Waals surface area (Å²) in [6, 6.07) is 12.6. The molecule has 4 rings (SSSR count). The van der Waals surface area contributed by atoms with E-state index in [-0.39, 0.29) is 6.17 Å². The molecule has 0 unspecified atom stereocenters. The second kappa shape index (κ2) is 4.45. The van der Waals surface area contributed by atoms with Crippen molar-refractivity contribution in [3.8, 4) is 11.3 Å². The van der Waals surface area contributed by atoms with Crippen molar-refractivity contribution in [3.05, 3.63) is 65.6 Å². The molecule has 3 heterocycles. The van der Waals surface area contributed by atoms with Crippen LogP contribution in [0.1, 0.15) is 23.0 Å². The van der Waals surface area contributed by atoms with Gasteiger partial charge in [0.1, 0.15) is 6.17 Å². The first-order chi connectivity index (χ1) is 10.2. The van der Waals surface area contributed by atoms with Gasteiger partial charge in [-0.2, -0.15) is 5.10 Å². The molecule has 0 spiro atoms. The van der Waals surface area contributed by atoms with Gasteiger partial charge < -0.3 is 5.32 Å². The number of anilines is 1. The number of rotatable bonds is 1. The molecule has 3 aromatic rings. The lowest BCUT2D eigenvalue weighted by atomic mass is 10.0. The third kappa shape index (κ3) is 1.91. The monoisotopic (exact) mass is 276 g/mol. The molecule has 1 aliphatic rings. The van der Waals surface area contributed by atoms with Crippen molar-refractivity contribution >= 4 is 5.69 Å². The van der Waals surface area contributed by atoms with Crippen molar-refractivity contribution < 1.29 is 0 Å². The molecular weight excluding hydrogens is 260 g/mol. The lowest BCUT2D eigenvalue weighted by molar-refractivity contribution is 0.569. The van der Waals surface area contributed by atoms with Gasteiger partial charge in [-0.3, -0.25) is 4.98 Å². The summed E-state index contributed by atoms with van der Waals surface area (Å²) >= 11 is 0. The fraction of sp³-hybridized carbons (Fsp3) is 0.176. The van der Waals surface area contributed by atoms with Crippen LogP contribution in [0.3, 0.4) is 0 Å². The van der Waals surface area contributed by atoms with E-state index < -0.39 is 0 Å². The summed E-state index contributed by atoms with van der Waals surface area (Å²) in [5.41, 5.74) is 6.88. The third-order valence-corrected chi connectivity index (χ3v) is 3.85. The summed E-state index contributed by atoms with van der Waals surface area (Å²) in [5, 5.41) is 8.23. The zero-order valence-corrected chi connectivity index (χ0v) is 12.0. The Bertz CT molecular complexity index is 805. The van der Waals surface area contributed by atoms with Crippen molar-refractivity contribution in [2.24, 2.45) is 0 Å². The van der Waals surface area contributed by atoms with Crippen molar-refractivity contribution in [3.63, 3.8) is 0 Å². The van der Waals surface area contributed by atoms with Crippen LogP contribution in [0.4, 0.5) is 5.69 Å². The molecule has 0 saturated carbocycles. The quantitative estimate of drug-likeness (QED) is 0.739. The third-order valence-electron chi connectivity index (χ3n) is 3.85. The molecule has 0 radical (unpaired) electrons. The molecule has 1 atom stereocenters. The van der Waals surface area contributed by atoms with Crippen LogP contribution in [0.5, 0.6) is 0 Å². The summed E-state index contributed by atoms with van der Waals surface area (Å²) in [6.45, 7) is 4.14. The van der Waals surface area contributed by atoms with Gasteiger partial charge in [0.2, 0.25) is 0 Å². The zero-order valence-electron chi connectivity index (χ0n) is 12.0. The van der Waals surface area contributed by atoms with E-state index in [4.69, 9.17) is 0 Å². The highest BCUT2D eigenvalue weighted by Gasteiger charge is 2.26. The Labute approximate surface area is 123 Å². The number of hydrogen-bond acceptors (Lipinski definition) is 3. The molecule has 0 saturated heterocycles. The smallest absolute Gasteiger partial charge is 0.148 e. The summed E-state index contributed by atoms with van der Waals surface area (Å²) < 4.78 is 2.05. The Balaban J connectivity index is 1.93. The molecule has 4 nitrogen and oxygen atoms in total. The molecule has 0 amide bonds. The van der Waals surface area contributed by atoms with E-state index in [0.29, 0.717) is 0 Å². The minimum Gasteiger partial charge on any atom is -0.359 e. The van der Waals surface area contributed by atoms with Crippen LogP contribution in [-0.4, -0.2) is 14.8 Å². The van der Waals surface area contributed by atoms with E-state index in [1.165, 1.54) is 11.1 Å². The van der Waals surface area contributed by atoms with Gasteiger partial charge in [-0.05, 0) is 38.1 Å². The second-order valence-corrected chi connectivity index (χ2v) is 5.50. The zero-order chi connectivity index (χ0) is 14.4. The van der Waals surface area contributed by atoms with Crippen molar-refractivity contribution in [1.29, 1.82) is 0 Å². The number of pyridine rings is 1. The molecule has 104 valence electrons. The summed E-state index contributed by atoms with van der Waals surface area (Å²) in [6.07, 6.45) is 3.66. The van der Waals surface area contributed by atoms with Gasteiger partial charge >= 0.3 is 0 Å². The van der Waals surface area contributed by atoms with Gasteiger partial charge in [0.25, 0.3) is 0 Å². The van der Waals surface area contributed by atoms with Crippen LogP contribution in [0.15, 0.2) is 48.8 Å². The number of hydrogen-bond donors (Lipinski definition) is 1. The summed E-state index contributed by atoms with van der Waals surface area (Å²) in [4.78, 5) is 4.23. The number of nitrogens with one attached hydrogen (secondary N) is 1. The second-order valence-electron chi connectivity index (χ2n) is 5.50. The predicted molar refractivity (Wildman–Crippen MR) is 83.1 cm³/mol. The van der Waals surface area contributed by atoms with Gasteiger partial charge in [0, 0.05) is 29.2 Å². The maximum atomic E-state index is 4.66. The SMILES string of the molecule is Cc1ccc2c(c1)-c1cc(C)nn1[C@@H](c1cccnc1)N2. The maximum absolute atomic E-state index is 4.66. The van der Waals surface area contributed by atoms with Crippen LogP contribution in [0.2, 0.25) is 0 Å². The number of benzene rings is 1. The molecule has 1 aliphatic heterocycles. The first-order valence-electron chi connectivity index (χ1n) is 7.06. The van der Waals surface area contributed by atoms with E-state index in [1.807, 2.05) is 23.9 Å². The molecule has 0 bridgehead atoms. The van der Waals surface area contributed by atoms with Crippen LogP contribution in [0.25, 0.3) is 11.3 Å². The minimum absolute atomic E-state index is 0.0161. The fourth-order valence-electron chi connectivity index (χ4n) is 2.88. The van der Waals surface area contributed by atoms with Crippen molar-refractivity contribution in [2.45, 2.75) is 20.0 Å². The lowest BCUT2D eigenvalue weighted by Crippen LogP contribution is -2.25. The Kier molecular flexibility index (Phi) is 2.57. The van der Waals surface area contributed by atoms with Crippen LogP contribution >= 0.6 is 0 Å². The van der Waals surface area contributed by atoms with E-state index in [1.54, 1.807) is 6.20 Å². The fourth-order valence-corrected chi connectivity index (χ4v) is 2.88. The molecular formula is C17H16N4. The molecule has 0 fully saturated rings. The molecule has 21 heavy (non-hydrogen) atoms. The lowest BCUT2D eigenvalue weighted by Gasteiger charge is -2.29. The Morgan fingerprint density at radius 3 is 2.86 bits per heavy atom. The van der Waals surface area contributed by atoms with Crippen molar-refractivity contribution in [1.82, 2.24) is 14.8 Å². The Morgan fingerprint density at radius 1 is 1.14 bits per heavy atom. The van der Waals surface area contributed by atoms with E-state index >= 15 is 0 Å². The number of aryl methyl sites for hydroxylation is 2. The highest BCUT2D eigenvalue weighted by atomic mass is 15.4. The predicted octanol–water partition coefficient (Wildman–Crippen LogP) is 3.53. The Morgan fingerprint density at radius 2 is 2.05 bits per heavy atom. The molecule has 4 heteroatoms. The normalized spacial score (nSPS) is 16.0. The van der Waals surface area contributed by atoms with Crippen LogP contribution < -0.4 is 5.32 Å². The highest BCUT2D eigenvalue weighted by molar-refractivity contribution is 5.79. The van der Waals surface area contributed by atoms with Gasteiger partial charge in [-0.15, -0.1) is 0 Å². The van der Waals surface area contributed by atoms with Gasteiger partial charge in [0.05, 0.1) is 11.4 Å². The van der Waals surface area contributed by atoms with Gasteiger partial charge in [-0.25, -0.2) is 4.68 Å². The number of fused-ring (bicyclic) bond motifs is 3. The van der Waals surface area contributed by atoms with E-state index in [0.717, 1.165) is 22.6 Å². The number of nitrogens with zero attached hydrogens (tertiary/aromatic N) is 3. The largest absolute Gasteiger partial charge is 0.359 e. The van der Waals surface area contributed by atoms with Gasteiger partial charge in [0.15, 0.2) is 0 Å². The Hall–Kier alpha value is -2.62. The van der Waals surface area contributed by atoms with E-state index in [9.17, 15) is 0 Å². The minimum atomic E-state index is -0.0161. The molecule has 0 aliphatic carbocycles.